The molecule has 1 aliphatic rings. The Kier molecular flexibility index (Phi) is 8.75. The highest BCUT2D eigenvalue weighted by atomic mass is 35.5. The van der Waals surface area contributed by atoms with Crippen molar-refractivity contribution in [2.45, 2.75) is 77.1 Å². The molecule has 0 atom stereocenters. The van der Waals surface area contributed by atoms with Crippen LogP contribution < -0.4 is 10.1 Å². The summed E-state index contributed by atoms with van der Waals surface area (Å²) in [7, 11) is 1.47. The number of ether oxygens (including phenoxy) is 1. The highest BCUT2D eigenvalue weighted by Crippen LogP contribution is 2.38. The van der Waals surface area contributed by atoms with Crippen LogP contribution in [0.15, 0.2) is 18.2 Å². The van der Waals surface area contributed by atoms with E-state index in [0.29, 0.717) is 47.9 Å². The third-order valence-electron chi connectivity index (χ3n) is 6.64. The Morgan fingerprint density at radius 2 is 2.03 bits per heavy atom. The van der Waals surface area contributed by atoms with E-state index in [1.54, 1.807) is 22.9 Å². The minimum absolute atomic E-state index is 0.0186. The number of rotatable bonds is 9. The molecule has 0 unspecified atom stereocenters. The van der Waals surface area contributed by atoms with Gasteiger partial charge in [-0.3, -0.25) is 9.48 Å². The molecule has 0 bridgehead atoms. The summed E-state index contributed by atoms with van der Waals surface area (Å²) in [5, 5.41) is 18.1. The number of nitrogens with one attached hydrogen (secondary N) is 1. The lowest BCUT2D eigenvalue weighted by atomic mass is 9.79. The number of carbonyl (C=O) groups excluding carboxylic acids is 1. The van der Waals surface area contributed by atoms with Gasteiger partial charge in [-0.1, -0.05) is 24.6 Å². The summed E-state index contributed by atoms with van der Waals surface area (Å²) in [6, 6.07) is 5.15. The zero-order valence-corrected chi connectivity index (χ0v) is 21.1. The fraction of sp³-hybridized carbons (Fsp3) is 0.600. The van der Waals surface area contributed by atoms with Crippen molar-refractivity contribution in [2.24, 2.45) is 5.92 Å². The Morgan fingerprint density at radius 1 is 1.34 bits per heavy atom. The lowest BCUT2D eigenvalue weighted by Gasteiger charge is -2.34. The first-order valence-corrected chi connectivity index (χ1v) is 12.3. The van der Waals surface area contributed by atoms with Gasteiger partial charge < -0.3 is 15.2 Å². The monoisotopic (exact) mass is 515 g/mol. The zero-order chi connectivity index (χ0) is 25.8. The summed E-state index contributed by atoms with van der Waals surface area (Å²) in [5.74, 6) is 0.524. The number of aryl methyl sites for hydroxylation is 2. The van der Waals surface area contributed by atoms with Crippen LogP contribution >= 0.6 is 11.6 Å². The van der Waals surface area contributed by atoms with Crippen LogP contribution in [-0.2, 0) is 13.0 Å². The van der Waals surface area contributed by atoms with Gasteiger partial charge in [0.25, 0.3) is 5.91 Å². The molecule has 1 aromatic heterocycles. The lowest BCUT2D eigenvalue weighted by molar-refractivity contribution is -0.135. The Hall–Kier alpha value is -2.26. The average molecular weight is 516 g/mol. The molecular formula is C25H33ClF3N3O3. The van der Waals surface area contributed by atoms with E-state index in [9.17, 15) is 23.1 Å². The number of nitrogens with zero attached hydrogens (tertiary/aromatic N) is 2. The molecular weight excluding hydrogens is 483 g/mol. The SMILES string of the molecule is CCn1nc(C(=O)NCC2(O)CCC(C)CC2)c(Cl)c1-c1ccc(CCCC(F)(F)F)cc1OC. The number of carbonyl (C=O) groups is 1. The van der Waals surface area contributed by atoms with Crippen molar-refractivity contribution < 1.29 is 27.8 Å². The number of alkyl halides is 3. The van der Waals surface area contributed by atoms with Gasteiger partial charge in [-0.25, -0.2) is 0 Å². The first-order valence-electron chi connectivity index (χ1n) is 12.0. The quantitative estimate of drug-likeness (QED) is 0.443. The molecule has 0 saturated heterocycles. The number of methoxy groups -OCH3 is 1. The third-order valence-corrected chi connectivity index (χ3v) is 7.00. The van der Waals surface area contributed by atoms with Crippen molar-refractivity contribution in [3.63, 3.8) is 0 Å². The van der Waals surface area contributed by atoms with E-state index in [-0.39, 0.29) is 30.1 Å². The molecule has 1 heterocycles. The van der Waals surface area contributed by atoms with Crippen LogP contribution in [0.3, 0.4) is 0 Å². The van der Waals surface area contributed by atoms with E-state index in [0.717, 1.165) is 12.8 Å². The molecule has 1 aliphatic carbocycles. The predicted molar refractivity (Wildman–Crippen MR) is 129 cm³/mol. The van der Waals surface area contributed by atoms with Gasteiger partial charge in [0.1, 0.15) is 5.75 Å². The molecule has 2 N–H and O–H groups in total. The van der Waals surface area contributed by atoms with Crippen LogP contribution in [0, 0.1) is 5.92 Å². The average Bonchev–Trinajstić information content (AvgIpc) is 3.15. The second kappa shape index (κ2) is 11.2. The number of aliphatic hydroxyl groups is 1. The third kappa shape index (κ3) is 6.91. The summed E-state index contributed by atoms with van der Waals surface area (Å²) in [5.41, 5.74) is 0.901. The summed E-state index contributed by atoms with van der Waals surface area (Å²) < 4.78 is 44.6. The molecule has 2 aromatic rings. The first-order chi connectivity index (χ1) is 16.5. The normalized spacial score (nSPS) is 20.6. The van der Waals surface area contributed by atoms with Gasteiger partial charge in [0.15, 0.2) is 5.69 Å². The van der Waals surface area contributed by atoms with Crippen molar-refractivity contribution in [1.82, 2.24) is 15.1 Å². The maximum Gasteiger partial charge on any atom is 0.389 e. The van der Waals surface area contributed by atoms with Gasteiger partial charge in [0.05, 0.1) is 23.4 Å². The molecule has 194 valence electrons. The van der Waals surface area contributed by atoms with Gasteiger partial charge in [-0.2, -0.15) is 18.3 Å². The van der Waals surface area contributed by atoms with E-state index in [4.69, 9.17) is 16.3 Å². The summed E-state index contributed by atoms with van der Waals surface area (Å²) in [6.45, 7) is 4.57. The van der Waals surface area contributed by atoms with Gasteiger partial charge in [-0.05, 0) is 69.1 Å². The van der Waals surface area contributed by atoms with Crippen LogP contribution in [0.25, 0.3) is 11.3 Å². The Balaban J connectivity index is 1.80. The lowest BCUT2D eigenvalue weighted by Crippen LogP contribution is -2.45. The predicted octanol–water partition coefficient (Wildman–Crippen LogP) is 5.79. The van der Waals surface area contributed by atoms with E-state index >= 15 is 0 Å². The maximum atomic E-state index is 12.9. The minimum atomic E-state index is -4.19. The summed E-state index contributed by atoms with van der Waals surface area (Å²) in [6.07, 6.45) is -1.72. The van der Waals surface area contributed by atoms with Crippen LogP contribution in [-0.4, -0.2) is 46.2 Å². The number of aromatic nitrogens is 2. The molecule has 35 heavy (non-hydrogen) atoms. The van der Waals surface area contributed by atoms with E-state index in [2.05, 4.69) is 17.3 Å². The number of hydrogen-bond donors (Lipinski definition) is 2. The molecule has 1 amide bonds. The van der Waals surface area contributed by atoms with Crippen molar-refractivity contribution >= 4 is 17.5 Å². The van der Waals surface area contributed by atoms with Crippen molar-refractivity contribution in [3.8, 4) is 17.0 Å². The standard InChI is InChI=1S/C25H33ClF3N3O3/c1-4-32-22(18-8-7-17(14-19(18)35-3)6-5-11-25(27,28)29)20(26)21(31-32)23(33)30-15-24(34)12-9-16(2)10-13-24/h7-8,14,16,34H,4-6,9-13,15H2,1-3H3,(H,30,33). The molecule has 1 aromatic carbocycles. The van der Waals surface area contributed by atoms with Gasteiger partial charge in [0, 0.05) is 25.1 Å². The fourth-order valence-electron chi connectivity index (χ4n) is 4.46. The smallest absolute Gasteiger partial charge is 0.389 e. The Labute approximate surface area is 208 Å². The molecule has 0 aliphatic heterocycles. The number of benzene rings is 1. The summed E-state index contributed by atoms with van der Waals surface area (Å²) >= 11 is 6.63. The van der Waals surface area contributed by atoms with E-state index in [1.165, 1.54) is 7.11 Å². The number of amides is 1. The largest absolute Gasteiger partial charge is 0.496 e. The van der Waals surface area contributed by atoms with E-state index in [1.807, 2.05) is 6.92 Å². The van der Waals surface area contributed by atoms with Crippen molar-refractivity contribution in [3.05, 3.63) is 34.5 Å². The molecule has 1 fully saturated rings. The second-order valence-corrected chi connectivity index (χ2v) is 9.80. The van der Waals surface area contributed by atoms with Crippen LogP contribution in [0.4, 0.5) is 13.2 Å². The van der Waals surface area contributed by atoms with Crippen LogP contribution in [0.1, 0.15) is 68.4 Å². The van der Waals surface area contributed by atoms with Crippen molar-refractivity contribution in [2.75, 3.05) is 13.7 Å². The van der Waals surface area contributed by atoms with Gasteiger partial charge in [0.2, 0.25) is 0 Å². The highest BCUT2D eigenvalue weighted by Gasteiger charge is 2.33. The van der Waals surface area contributed by atoms with Gasteiger partial charge in [-0.15, -0.1) is 0 Å². The fourth-order valence-corrected chi connectivity index (χ4v) is 4.78. The van der Waals surface area contributed by atoms with Crippen molar-refractivity contribution in [1.29, 1.82) is 0 Å². The molecule has 6 nitrogen and oxygen atoms in total. The van der Waals surface area contributed by atoms with E-state index < -0.39 is 24.1 Å². The summed E-state index contributed by atoms with van der Waals surface area (Å²) in [4.78, 5) is 12.9. The second-order valence-electron chi connectivity index (χ2n) is 9.42. The molecule has 1 saturated carbocycles. The molecule has 3 rings (SSSR count). The van der Waals surface area contributed by atoms with Crippen LogP contribution in [0.2, 0.25) is 5.02 Å². The minimum Gasteiger partial charge on any atom is -0.496 e. The molecule has 0 radical (unpaired) electrons. The van der Waals surface area contributed by atoms with Gasteiger partial charge >= 0.3 is 6.18 Å². The maximum absolute atomic E-state index is 12.9. The zero-order valence-electron chi connectivity index (χ0n) is 20.3. The Morgan fingerprint density at radius 3 is 2.63 bits per heavy atom. The number of halogens is 4. The number of hydrogen-bond acceptors (Lipinski definition) is 4. The van der Waals surface area contributed by atoms with Crippen LogP contribution in [0.5, 0.6) is 5.75 Å². The highest BCUT2D eigenvalue weighted by molar-refractivity contribution is 6.36. The molecule has 10 heteroatoms. The topological polar surface area (TPSA) is 76.4 Å². The Bertz CT molecular complexity index is 1030. The first kappa shape index (κ1) is 27.3. The molecule has 0 spiro atoms.